The Kier molecular flexibility index (Phi) is 5.53. The van der Waals surface area contributed by atoms with E-state index in [1.807, 2.05) is 34.9 Å². The summed E-state index contributed by atoms with van der Waals surface area (Å²) in [4.78, 5) is 1.14. The predicted octanol–water partition coefficient (Wildman–Crippen LogP) is 3.56. The lowest BCUT2D eigenvalue weighted by atomic mass is 10.1. The van der Waals surface area contributed by atoms with Gasteiger partial charge >= 0.3 is 0 Å². The summed E-state index contributed by atoms with van der Waals surface area (Å²) in [6, 6.07) is 13.7. The molecule has 7 heteroatoms. The van der Waals surface area contributed by atoms with E-state index < -0.39 is 0 Å². The molecule has 0 fully saturated rings. The van der Waals surface area contributed by atoms with Crippen molar-refractivity contribution in [3.63, 3.8) is 0 Å². The van der Waals surface area contributed by atoms with Crippen LogP contribution in [0.5, 0.6) is 0 Å². The maximum atomic E-state index is 9.00. The highest BCUT2D eigenvalue weighted by Crippen LogP contribution is 2.23. The quantitative estimate of drug-likeness (QED) is 0.656. The van der Waals surface area contributed by atoms with Gasteiger partial charge in [-0.1, -0.05) is 26.0 Å². The van der Waals surface area contributed by atoms with Crippen LogP contribution in [0.15, 0.2) is 47.5 Å². The van der Waals surface area contributed by atoms with Crippen LogP contribution in [0.4, 0.5) is 5.95 Å². The number of nitriles is 1. The molecular weight excluding hydrogens is 332 g/mol. The first-order valence-corrected chi connectivity index (χ1v) is 9.01. The Hall–Kier alpha value is -2.56. The number of fused-ring (bicyclic) bond motifs is 1. The molecule has 0 saturated heterocycles. The van der Waals surface area contributed by atoms with Gasteiger partial charge in [-0.2, -0.15) is 5.26 Å². The Morgan fingerprint density at radius 1 is 1.20 bits per heavy atom. The molecule has 3 aromatic rings. The highest BCUT2D eigenvalue weighted by atomic mass is 32.2. The molecule has 2 aromatic heterocycles. The summed E-state index contributed by atoms with van der Waals surface area (Å²) in [7, 11) is 0. The lowest BCUT2D eigenvalue weighted by Gasteiger charge is -2.16. The minimum atomic E-state index is 0.587. The number of anilines is 1. The van der Waals surface area contributed by atoms with E-state index in [0.717, 1.165) is 29.2 Å². The summed E-state index contributed by atoms with van der Waals surface area (Å²) in [5.41, 5.74) is 2.49. The lowest BCUT2D eigenvalue weighted by Crippen LogP contribution is -2.13. The zero-order chi connectivity index (χ0) is 17.6. The van der Waals surface area contributed by atoms with Gasteiger partial charge in [0.05, 0.1) is 11.6 Å². The van der Waals surface area contributed by atoms with Crippen LogP contribution < -0.4 is 5.32 Å². The summed E-state index contributed by atoms with van der Waals surface area (Å²) in [5.74, 6) is 0.694. The Balaban J connectivity index is 1.78. The van der Waals surface area contributed by atoms with Crippen molar-refractivity contribution in [2.45, 2.75) is 25.3 Å². The Labute approximate surface area is 151 Å². The second kappa shape index (κ2) is 8.01. The molecule has 25 heavy (non-hydrogen) atoms. The van der Waals surface area contributed by atoms with Gasteiger partial charge in [0.25, 0.3) is 0 Å². The molecule has 6 nitrogen and oxygen atoms in total. The average molecular weight is 352 g/mol. The monoisotopic (exact) mass is 352 g/mol. The zero-order valence-electron chi connectivity index (χ0n) is 14.3. The smallest absolute Gasteiger partial charge is 0.229 e. The van der Waals surface area contributed by atoms with Gasteiger partial charge in [0, 0.05) is 30.7 Å². The number of nitrogens with one attached hydrogen (secondary N) is 1. The van der Waals surface area contributed by atoms with Gasteiger partial charge in [0.2, 0.25) is 5.95 Å². The van der Waals surface area contributed by atoms with Gasteiger partial charge in [-0.05, 0) is 41.8 Å². The third-order valence-electron chi connectivity index (χ3n) is 3.82. The molecule has 0 aliphatic carbocycles. The lowest BCUT2D eigenvalue weighted by molar-refractivity contribution is 0.525. The molecule has 0 atom stereocenters. The number of hydrogen-bond donors (Lipinski definition) is 1. The predicted molar refractivity (Wildman–Crippen MR) is 100 cm³/mol. The second-order valence-corrected chi connectivity index (χ2v) is 6.66. The van der Waals surface area contributed by atoms with E-state index in [2.05, 4.69) is 45.8 Å². The molecule has 0 aliphatic heterocycles. The zero-order valence-corrected chi connectivity index (χ0v) is 15.1. The fourth-order valence-corrected chi connectivity index (χ4v) is 3.32. The van der Waals surface area contributed by atoms with E-state index in [9.17, 15) is 0 Å². The van der Waals surface area contributed by atoms with Crippen molar-refractivity contribution in [3.05, 3.63) is 53.7 Å². The topological polar surface area (TPSA) is 69.2 Å². The van der Waals surface area contributed by atoms with Gasteiger partial charge in [-0.25, -0.2) is 4.31 Å². The average Bonchev–Trinajstić information content (AvgIpc) is 3.07. The number of nitrogens with zero attached hydrogens (tertiary/aromatic N) is 5. The Bertz CT molecular complexity index is 894. The number of benzene rings is 1. The van der Waals surface area contributed by atoms with Crippen molar-refractivity contribution in [1.82, 2.24) is 18.9 Å². The molecule has 2 heterocycles. The standard InChI is InChI=1S/C18H20N6S/c1-3-23(4-2)25-16-8-9-17-21-22-18(24(17)13-16)20-12-15-7-5-6-14(10-15)11-19/h5-10,13H,3-4,12H2,1-2H3,(H,20,22). The van der Waals surface area contributed by atoms with Gasteiger partial charge in [-0.15, -0.1) is 10.2 Å². The van der Waals surface area contributed by atoms with E-state index in [4.69, 9.17) is 5.26 Å². The van der Waals surface area contributed by atoms with Crippen LogP contribution in [-0.2, 0) is 6.54 Å². The molecule has 0 bridgehead atoms. The SMILES string of the molecule is CCN(CC)Sc1ccc2nnc(NCc3cccc(C#N)c3)n2c1. The Morgan fingerprint density at radius 2 is 2.04 bits per heavy atom. The van der Waals surface area contributed by atoms with E-state index in [1.165, 1.54) is 0 Å². The third-order valence-corrected chi connectivity index (χ3v) is 5.05. The summed E-state index contributed by atoms with van der Waals surface area (Å²) >= 11 is 1.73. The molecule has 3 rings (SSSR count). The Morgan fingerprint density at radius 3 is 2.80 bits per heavy atom. The van der Waals surface area contributed by atoms with Crippen LogP contribution in [0.2, 0.25) is 0 Å². The van der Waals surface area contributed by atoms with Crippen molar-refractivity contribution in [3.8, 4) is 6.07 Å². The molecule has 0 spiro atoms. The summed E-state index contributed by atoms with van der Waals surface area (Å²) in [5, 5.41) is 20.7. The molecule has 0 saturated carbocycles. The molecule has 0 aliphatic rings. The second-order valence-electron chi connectivity index (χ2n) is 5.49. The van der Waals surface area contributed by atoms with Crippen molar-refractivity contribution in [2.24, 2.45) is 0 Å². The van der Waals surface area contributed by atoms with Crippen LogP contribution in [0.25, 0.3) is 5.65 Å². The van der Waals surface area contributed by atoms with Crippen LogP contribution in [-0.4, -0.2) is 32.0 Å². The largest absolute Gasteiger partial charge is 0.350 e. The van der Waals surface area contributed by atoms with Crippen molar-refractivity contribution in [1.29, 1.82) is 5.26 Å². The molecule has 128 valence electrons. The summed E-state index contributed by atoms with van der Waals surface area (Å²) in [6.07, 6.45) is 2.05. The summed E-state index contributed by atoms with van der Waals surface area (Å²) < 4.78 is 4.24. The first-order valence-electron chi connectivity index (χ1n) is 8.24. The van der Waals surface area contributed by atoms with E-state index in [0.29, 0.717) is 18.1 Å². The van der Waals surface area contributed by atoms with Crippen LogP contribution >= 0.6 is 11.9 Å². The highest BCUT2D eigenvalue weighted by Gasteiger charge is 2.08. The fourth-order valence-electron chi connectivity index (χ4n) is 2.48. The normalized spacial score (nSPS) is 11.0. The number of pyridine rings is 1. The first kappa shape index (κ1) is 17.3. The molecule has 1 N–H and O–H groups in total. The molecule has 0 unspecified atom stereocenters. The van der Waals surface area contributed by atoms with Crippen molar-refractivity contribution < 1.29 is 0 Å². The molecule has 1 aromatic carbocycles. The minimum Gasteiger partial charge on any atom is -0.350 e. The van der Waals surface area contributed by atoms with Crippen molar-refractivity contribution >= 4 is 23.5 Å². The van der Waals surface area contributed by atoms with E-state index in [-0.39, 0.29) is 0 Å². The number of hydrogen-bond acceptors (Lipinski definition) is 6. The molecular formula is C18H20N6S. The van der Waals surface area contributed by atoms with Crippen LogP contribution in [0.3, 0.4) is 0 Å². The highest BCUT2D eigenvalue weighted by molar-refractivity contribution is 7.97. The van der Waals surface area contributed by atoms with Gasteiger partial charge in [0.15, 0.2) is 5.65 Å². The first-order chi connectivity index (χ1) is 12.2. The van der Waals surface area contributed by atoms with E-state index >= 15 is 0 Å². The van der Waals surface area contributed by atoms with Gasteiger partial charge < -0.3 is 5.32 Å². The minimum absolute atomic E-state index is 0.587. The summed E-state index contributed by atoms with van der Waals surface area (Å²) in [6.45, 7) is 6.86. The van der Waals surface area contributed by atoms with Crippen molar-refractivity contribution in [2.75, 3.05) is 18.4 Å². The number of aromatic nitrogens is 3. The van der Waals surface area contributed by atoms with E-state index in [1.54, 1.807) is 18.0 Å². The van der Waals surface area contributed by atoms with Crippen LogP contribution in [0.1, 0.15) is 25.0 Å². The molecule has 0 radical (unpaired) electrons. The molecule has 0 amide bonds. The van der Waals surface area contributed by atoms with Gasteiger partial charge in [-0.3, -0.25) is 4.40 Å². The number of rotatable bonds is 7. The third kappa shape index (κ3) is 4.10. The van der Waals surface area contributed by atoms with Crippen LogP contribution in [0, 0.1) is 11.3 Å². The fraction of sp³-hybridized carbons (Fsp3) is 0.278. The van der Waals surface area contributed by atoms with Gasteiger partial charge in [0.1, 0.15) is 0 Å². The maximum absolute atomic E-state index is 9.00. The maximum Gasteiger partial charge on any atom is 0.229 e.